The van der Waals surface area contributed by atoms with Gasteiger partial charge in [0.25, 0.3) is 5.69 Å². The molecule has 2 aromatic carbocycles. The molecular formula is C19H19F3N4O5S. The minimum atomic E-state index is -4.13. The van der Waals surface area contributed by atoms with E-state index in [0.29, 0.717) is 6.07 Å². The molecule has 32 heavy (non-hydrogen) atoms. The Hall–Kier alpha value is -3.03. The van der Waals surface area contributed by atoms with Gasteiger partial charge in [-0.25, -0.2) is 21.6 Å². The van der Waals surface area contributed by atoms with Crippen molar-refractivity contribution in [2.24, 2.45) is 0 Å². The van der Waals surface area contributed by atoms with E-state index < -0.39 is 60.6 Å². The molecule has 172 valence electrons. The van der Waals surface area contributed by atoms with Crippen LogP contribution in [0.5, 0.6) is 0 Å². The van der Waals surface area contributed by atoms with Crippen molar-refractivity contribution in [3.05, 3.63) is 64.0 Å². The van der Waals surface area contributed by atoms with Gasteiger partial charge in [-0.2, -0.15) is 4.31 Å². The summed E-state index contributed by atoms with van der Waals surface area (Å²) in [4.78, 5) is 24.1. The Kier molecular flexibility index (Phi) is 6.81. The van der Waals surface area contributed by atoms with Crippen LogP contribution in [0.25, 0.3) is 0 Å². The van der Waals surface area contributed by atoms with Gasteiger partial charge in [0.05, 0.1) is 16.7 Å². The highest BCUT2D eigenvalue weighted by atomic mass is 32.2. The number of nitro benzene ring substituents is 1. The van der Waals surface area contributed by atoms with Crippen LogP contribution in [-0.4, -0.2) is 60.7 Å². The fraction of sp³-hybridized carbons (Fsp3) is 0.316. The number of nitrogens with zero attached hydrogens (tertiary/aromatic N) is 3. The maximum Gasteiger partial charge on any atom is 0.289 e. The smallest absolute Gasteiger partial charge is 0.289 e. The Balaban J connectivity index is 1.67. The fourth-order valence-electron chi connectivity index (χ4n) is 3.32. The van der Waals surface area contributed by atoms with Crippen LogP contribution in [0.1, 0.15) is 6.92 Å². The highest BCUT2D eigenvalue weighted by Gasteiger charge is 2.35. The summed E-state index contributed by atoms with van der Waals surface area (Å²) in [5, 5.41) is 13.4. The van der Waals surface area contributed by atoms with Crippen LogP contribution in [-0.2, 0) is 14.8 Å². The zero-order valence-electron chi connectivity index (χ0n) is 16.8. The molecule has 1 amide bonds. The molecule has 1 aliphatic heterocycles. The van der Waals surface area contributed by atoms with Crippen LogP contribution in [0.2, 0.25) is 0 Å². The van der Waals surface area contributed by atoms with Gasteiger partial charge in [0.15, 0.2) is 22.3 Å². The minimum absolute atomic E-state index is 0.0362. The zero-order valence-corrected chi connectivity index (χ0v) is 17.6. The molecule has 0 aromatic heterocycles. The lowest BCUT2D eigenvalue weighted by molar-refractivity contribution is -0.387. The molecule has 13 heteroatoms. The molecule has 0 saturated carbocycles. The number of rotatable bonds is 6. The number of carbonyl (C=O) groups is 1. The molecule has 0 radical (unpaired) electrons. The van der Waals surface area contributed by atoms with Gasteiger partial charge in [-0.15, -0.1) is 0 Å². The van der Waals surface area contributed by atoms with Crippen molar-refractivity contribution in [1.29, 1.82) is 0 Å². The van der Waals surface area contributed by atoms with Gasteiger partial charge in [0, 0.05) is 32.2 Å². The summed E-state index contributed by atoms with van der Waals surface area (Å²) in [6.07, 6.45) is 0. The first-order valence-corrected chi connectivity index (χ1v) is 10.9. The van der Waals surface area contributed by atoms with E-state index in [4.69, 9.17) is 0 Å². The van der Waals surface area contributed by atoms with E-state index in [-0.39, 0.29) is 26.2 Å². The molecule has 0 aliphatic carbocycles. The number of benzene rings is 2. The standard InChI is InChI=1S/C19H19F3N4O5S/c1-12(19(27)23-14-7-6-13(20)17(21)18(14)22)24-8-10-25(11-9-24)32(30,31)16-5-3-2-4-15(16)26(28)29/h2-7,12H,8-11H2,1H3,(H,23,27)/t12-/m0/s1. The molecule has 0 spiro atoms. The summed E-state index contributed by atoms with van der Waals surface area (Å²) in [6, 6.07) is 5.77. The fourth-order valence-corrected chi connectivity index (χ4v) is 4.90. The molecule has 1 saturated heterocycles. The van der Waals surface area contributed by atoms with Crippen LogP contribution in [0.3, 0.4) is 0 Å². The summed E-state index contributed by atoms with van der Waals surface area (Å²) in [7, 11) is -4.13. The maximum atomic E-state index is 13.8. The van der Waals surface area contributed by atoms with Crippen LogP contribution in [0, 0.1) is 27.6 Å². The summed E-state index contributed by atoms with van der Waals surface area (Å²) in [5.41, 5.74) is -1.05. The predicted molar refractivity (Wildman–Crippen MR) is 108 cm³/mol. The number of hydrogen-bond acceptors (Lipinski definition) is 6. The van der Waals surface area contributed by atoms with E-state index in [1.165, 1.54) is 19.1 Å². The Morgan fingerprint density at radius 3 is 2.31 bits per heavy atom. The number of sulfonamides is 1. The van der Waals surface area contributed by atoms with Crippen molar-refractivity contribution in [2.75, 3.05) is 31.5 Å². The summed E-state index contributed by atoms with van der Waals surface area (Å²) >= 11 is 0. The molecule has 0 bridgehead atoms. The quantitative estimate of drug-likeness (QED) is 0.392. The third-order valence-corrected chi connectivity index (χ3v) is 7.12. The van der Waals surface area contributed by atoms with Crippen LogP contribution < -0.4 is 5.32 Å². The number of carbonyl (C=O) groups excluding carboxylic acids is 1. The van der Waals surface area contributed by atoms with Crippen molar-refractivity contribution in [3.8, 4) is 0 Å². The van der Waals surface area contributed by atoms with Crippen LogP contribution >= 0.6 is 0 Å². The van der Waals surface area contributed by atoms with Gasteiger partial charge >= 0.3 is 0 Å². The predicted octanol–water partition coefficient (Wildman–Crippen LogP) is 2.35. The van der Waals surface area contributed by atoms with Crippen molar-refractivity contribution in [1.82, 2.24) is 9.21 Å². The lowest BCUT2D eigenvalue weighted by Crippen LogP contribution is -2.54. The number of para-hydroxylation sites is 1. The third-order valence-electron chi connectivity index (χ3n) is 5.17. The number of anilines is 1. The zero-order chi connectivity index (χ0) is 23.6. The molecule has 0 unspecified atom stereocenters. The van der Waals surface area contributed by atoms with Crippen molar-refractivity contribution in [2.45, 2.75) is 17.9 Å². The minimum Gasteiger partial charge on any atom is -0.322 e. The van der Waals surface area contributed by atoms with Gasteiger partial charge in [0.1, 0.15) is 0 Å². The molecule has 1 heterocycles. The number of piperazine rings is 1. The second-order valence-corrected chi connectivity index (χ2v) is 8.96. The molecule has 1 atom stereocenters. The summed E-state index contributed by atoms with van der Waals surface area (Å²) < 4.78 is 67.0. The largest absolute Gasteiger partial charge is 0.322 e. The van der Waals surface area contributed by atoms with Crippen molar-refractivity contribution < 1.29 is 31.3 Å². The Morgan fingerprint density at radius 2 is 1.69 bits per heavy atom. The highest BCUT2D eigenvalue weighted by Crippen LogP contribution is 2.27. The van der Waals surface area contributed by atoms with Crippen LogP contribution in [0.15, 0.2) is 41.3 Å². The van der Waals surface area contributed by atoms with Crippen molar-refractivity contribution in [3.63, 3.8) is 0 Å². The maximum absolute atomic E-state index is 13.8. The number of nitro groups is 1. The van der Waals surface area contributed by atoms with Gasteiger partial charge in [-0.3, -0.25) is 19.8 Å². The lowest BCUT2D eigenvalue weighted by atomic mass is 10.2. The van der Waals surface area contributed by atoms with Crippen LogP contribution in [0.4, 0.5) is 24.5 Å². The lowest BCUT2D eigenvalue weighted by Gasteiger charge is -2.36. The average molecular weight is 472 g/mol. The Bertz CT molecular complexity index is 1150. The molecule has 1 N–H and O–H groups in total. The molecule has 2 aromatic rings. The van der Waals surface area contributed by atoms with E-state index in [9.17, 15) is 36.5 Å². The topological polar surface area (TPSA) is 113 Å². The van der Waals surface area contributed by atoms with E-state index in [1.807, 2.05) is 0 Å². The second kappa shape index (κ2) is 9.22. The third kappa shape index (κ3) is 4.59. The first-order valence-electron chi connectivity index (χ1n) is 9.46. The molecular weight excluding hydrogens is 453 g/mol. The summed E-state index contributed by atoms with van der Waals surface area (Å²) in [6.45, 7) is 1.67. The molecule has 3 rings (SSSR count). The van der Waals surface area contributed by atoms with Gasteiger partial charge < -0.3 is 5.32 Å². The number of amides is 1. The van der Waals surface area contributed by atoms with Gasteiger partial charge in [0.2, 0.25) is 15.9 Å². The number of nitrogens with one attached hydrogen (secondary N) is 1. The SMILES string of the molecule is C[C@@H](C(=O)Nc1ccc(F)c(F)c1F)N1CCN(S(=O)(=O)c2ccccc2[N+](=O)[O-])CC1. The molecule has 1 aliphatic rings. The van der Waals surface area contributed by atoms with Crippen molar-refractivity contribution >= 4 is 27.3 Å². The monoisotopic (exact) mass is 472 g/mol. The number of halogens is 3. The molecule has 1 fully saturated rings. The van der Waals surface area contributed by atoms with E-state index in [0.717, 1.165) is 22.5 Å². The molecule has 9 nitrogen and oxygen atoms in total. The van der Waals surface area contributed by atoms with Gasteiger partial charge in [-0.1, -0.05) is 12.1 Å². The normalized spacial score (nSPS) is 16.5. The Morgan fingerprint density at radius 1 is 1.06 bits per heavy atom. The highest BCUT2D eigenvalue weighted by molar-refractivity contribution is 7.89. The average Bonchev–Trinajstić information content (AvgIpc) is 2.79. The van der Waals surface area contributed by atoms with Gasteiger partial charge in [-0.05, 0) is 25.1 Å². The second-order valence-electron chi connectivity index (χ2n) is 7.05. The number of hydrogen-bond donors (Lipinski definition) is 1. The Labute approximate surface area is 181 Å². The van der Waals surface area contributed by atoms with E-state index >= 15 is 0 Å². The summed E-state index contributed by atoms with van der Waals surface area (Å²) in [5.74, 6) is -5.30. The first kappa shape index (κ1) is 23.6. The van der Waals surface area contributed by atoms with E-state index in [2.05, 4.69) is 5.32 Å². The van der Waals surface area contributed by atoms with E-state index in [1.54, 1.807) is 4.90 Å². The first-order chi connectivity index (χ1) is 15.0.